The van der Waals surface area contributed by atoms with Gasteiger partial charge in [-0.2, -0.15) is 0 Å². The summed E-state index contributed by atoms with van der Waals surface area (Å²) in [7, 11) is 0. The first-order valence-corrected chi connectivity index (χ1v) is 6.14. The molecule has 1 aromatic rings. The van der Waals surface area contributed by atoms with Crippen LogP contribution >= 0.6 is 0 Å². The lowest BCUT2D eigenvalue weighted by Crippen LogP contribution is -2.14. The van der Waals surface area contributed by atoms with E-state index in [1.54, 1.807) is 0 Å². The van der Waals surface area contributed by atoms with Crippen molar-refractivity contribution >= 4 is 5.82 Å². The molecule has 3 rings (SSSR count). The molecule has 0 aromatic carbocycles. The van der Waals surface area contributed by atoms with Gasteiger partial charge in [0, 0.05) is 12.2 Å². The minimum atomic E-state index is 1.01. The molecular formula is C13H18N2. The maximum absolute atomic E-state index is 4.70. The zero-order valence-corrected chi connectivity index (χ0v) is 9.13. The molecule has 0 radical (unpaired) electrons. The maximum atomic E-state index is 4.70. The van der Waals surface area contributed by atoms with Gasteiger partial charge in [-0.25, -0.2) is 4.98 Å². The molecule has 1 saturated carbocycles. The van der Waals surface area contributed by atoms with E-state index in [9.17, 15) is 0 Å². The Morgan fingerprint density at radius 1 is 1.33 bits per heavy atom. The van der Waals surface area contributed by atoms with Crippen molar-refractivity contribution in [3.05, 3.63) is 23.4 Å². The minimum absolute atomic E-state index is 1.01. The van der Waals surface area contributed by atoms with E-state index in [1.165, 1.54) is 49.8 Å². The lowest BCUT2D eigenvalue weighted by atomic mass is 10.1. The molecule has 0 saturated heterocycles. The highest BCUT2D eigenvalue weighted by Gasteiger charge is 2.21. The molecule has 1 N–H and O–H groups in total. The van der Waals surface area contributed by atoms with E-state index in [0.29, 0.717) is 0 Å². The normalized spacial score (nSPS) is 19.5. The van der Waals surface area contributed by atoms with Gasteiger partial charge in [0.15, 0.2) is 0 Å². The van der Waals surface area contributed by atoms with E-state index < -0.39 is 0 Å². The van der Waals surface area contributed by atoms with Crippen molar-refractivity contribution in [3.8, 4) is 0 Å². The summed E-state index contributed by atoms with van der Waals surface area (Å²) in [6.45, 7) is 1.09. The van der Waals surface area contributed by atoms with Crippen LogP contribution in [0.2, 0.25) is 0 Å². The molecule has 1 aliphatic carbocycles. The average Bonchev–Trinajstić information content (AvgIpc) is 3.10. The van der Waals surface area contributed by atoms with Crippen molar-refractivity contribution < 1.29 is 0 Å². The highest BCUT2D eigenvalue weighted by atomic mass is 15.0. The number of rotatable bonds is 3. The molecule has 0 amide bonds. The topological polar surface area (TPSA) is 24.9 Å². The molecule has 0 unspecified atom stereocenters. The van der Waals surface area contributed by atoms with Crippen LogP contribution in [0, 0.1) is 5.92 Å². The van der Waals surface area contributed by atoms with Crippen molar-refractivity contribution in [1.29, 1.82) is 0 Å². The number of nitrogens with zero attached hydrogens (tertiary/aromatic N) is 1. The summed E-state index contributed by atoms with van der Waals surface area (Å²) in [6.07, 6.45) is 7.84. The van der Waals surface area contributed by atoms with Crippen LogP contribution in [0.1, 0.15) is 36.9 Å². The van der Waals surface area contributed by atoms with Crippen molar-refractivity contribution in [2.24, 2.45) is 5.92 Å². The molecule has 1 aliphatic heterocycles. The third-order valence-corrected chi connectivity index (χ3v) is 3.46. The Bertz CT molecular complexity index is 356. The van der Waals surface area contributed by atoms with Crippen molar-refractivity contribution in [1.82, 2.24) is 4.98 Å². The van der Waals surface area contributed by atoms with Crippen LogP contribution in [0.4, 0.5) is 5.82 Å². The maximum Gasteiger partial charge on any atom is 0.129 e. The summed E-state index contributed by atoms with van der Waals surface area (Å²) >= 11 is 0. The number of aromatic nitrogens is 1. The SMILES string of the molecule is c1cc2c(nc1CCC1CC1)NCCC2. The van der Waals surface area contributed by atoms with Crippen LogP contribution in [0.3, 0.4) is 0 Å². The number of hydrogen-bond acceptors (Lipinski definition) is 2. The Hall–Kier alpha value is -1.05. The van der Waals surface area contributed by atoms with Gasteiger partial charge in [0.05, 0.1) is 0 Å². The largest absolute Gasteiger partial charge is 0.370 e. The zero-order valence-electron chi connectivity index (χ0n) is 9.13. The second-order valence-electron chi connectivity index (χ2n) is 4.82. The summed E-state index contributed by atoms with van der Waals surface area (Å²) in [5.74, 6) is 2.16. The molecule has 2 heteroatoms. The van der Waals surface area contributed by atoms with Crippen LogP contribution in [0.25, 0.3) is 0 Å². The lowest BCUT2D eigenvalue weighted by Gasteiger charge is -2.17. The molecule has 2 aliphatic rings. The predicted octanol–water partition coefficient (Wildman–Crippen LogP) is 2.78. The Morgan fingerprint density at radius 3 is 3.13 bits per heavy atom. The van der Waals surface area contributed by atoms with Gasteiger partial charge in [-0.05, 0) is 43.2 Å². The lowest BCUT2D eigenvalue weighted by molar-refractivity contribution is 0.710. The molecule has 0 bridgehead atoms. The van der Waals surface area contributed by atoms with Gasteiger partial charge in [0.25, 0.3) is 0 Å². The first kappa shape index (κ1) is 9.20. The summed E-state index contributed by atoms with van der Waals surface area (Å²) in [5, 5.41) is 3.40. The molecule has 1 aromatic heterocycles. The zero-order chi connectivity index (χ0) is 10.1. The minimum Gasteiger partial charge on any atom is -0.370 e. The number of fused-ring (bicyclic) bond motifs is 1. The van der Waals surface area contributed by atoms with Crippen molar-refractivity contribution in [2.75, 3.05) is 11.9 Å². The van der Waals surface area contributed by atoms with Crippen LogP contribution in [0.5, 0.6) is 0 Å². The second-order valence-corrected chi connectivity index (χ2v) is 4.82. The summed E-state index contributed by atoms with van der Waals surface area (Å²) in [5.41, 5.74) is 2.67. The average molecular weight is 202 g/mol. The van der Waals surface area contributed by atoms with Gasteiger partial charge in [-0.3, -0.25) is 0 Å². The highest BCUT2D eigenvalue weighted by molar-refractivity contribution is 5.46. The van der Waals surface area contributed by atoms with Crippen molar-refractivity contribution in [2.45, 2.75) is 38.5 Å². The first-order chi connectivity index (χ1) is 7.42. The Labute approximate surface area is 91.1 Å². The predicted molar refractivity (Wildman–Crippen MR) is 62.1 cm³/mol. The van der Waals surface area contributed by atoms with Gasteiger partial charge in [-0.1, -0.05) is 18.9 Å². The van der Waals surface area contributed by atoms with Crippen LogP contribution < -0.4 is 5.32 Å². The summed E-state index contributed by atoms with van der Waals surface area (Å²) in [6, 6.07) is 4.48. The van der Waals surface area contributed by atoms with E-state index in [1.807, 2.05) is 0 Å². The van der Waals surface area contributed by atoms with E-state index in [0.717, 1.165) is 18.3 Å². The molecule has 1 fully saturated rings. The van der Waals surface area contributed by atoms with E-state index >= 15 is 0 Å². The number of anilines is 1. The van der Waals surface area contributed by atoms with Gasteiger partial charge in [0.2, 0.25) is 0 Å². The molecule has 80 valence electrons. The second kappa shape index (κ2) is 3.84. The van der Waals surface area contributed by atoms with Gasteiger partial charge < -0.3 is 5.32 Å². The molecule has 0 atom stereocenters. The number of aryl methyl sites for hydroxylation is 2. The smallest absolute Gasteiger partial charge is 0.129 e. The fourth-order valence-corrected chi connectivity index (χ4v) is 2.27. The molecule has 2 heterocycles. The fraction of sp³-hybridized carbons (Fsp3) is 0.615. The van der Waals surface area contributed by atoms with E-state index in [4.69, 9.17) is 4.98 Å². The fourth-order valence-electron chi connectivity index (χ4n) is 2.27. The number of pyridine rings is 1. The monoisotopic (exact) mass is 202 g/mol. The first-order valence-electron chi connectivity index (χ1n) is 6.14. The third-order valence-electron chi connectivity index (χ3n) is 3.46. The standard InChI is InChI=1S/C13H18N2/c1-2-11-6-8-12(7-5-10-3-4-10)15-13(11)14-9-1/h6,8,10H,1-5,7,9H2,(H,14,15). The quantitative estimate of drug-likeness (QED) is 0.815. The number of hydrogen-bond donors (Lipinski definition) is 1. The summed E-state index contributed by atoms with van der Waals surface area (Å²) in [4.78, 5) is 4.70. The Morgan fingerprint density at radius 2 is 2.27 bits per heavy atom. The van der Waals surface area contributed by atoms with Crippen LogP contribution in [-0.2, 0) is 12.8 Å². The van der Waals surface area contributed by atoms with Crippen LogP contribution in [-0.4, -0.2) is 11.5 Å². The van der Waals surface area contributed by atoms with Gasteiger partial charge in [0.1, 0.15) is 5.82 Å². The molecular weight excluding hydrogens is 184 g/mol. The van der Waals surface area contributed by atoms with Gasteiger partial charge >= 0.3 is 0 Å². The van der Waals surface area contributed by atoms with E-state index in [2.05, 4.69) is 17.4 Å². The molecule has 2 nitrogen and oxygen atoms in total. The summed E-state index contributed by atoms with van der Waals surface area (Å²) < 4.78 is 0. The Kier molecular flexibility index (Phi) is 2.35. The van der Waals surface area contributed by atoms with E-state index in [-0.39, 0.29) is 0 Å². The molecule has 0 spiro atoms. The molecule has 15 heavy (non-hydrogen) atoms. The third kappa shape index (κ3) is 2.14. The van der Waals surface area contributed by atoms with Crippen molar-refractivity contribution in [3.63, 3.8) is 0 Å². The number of nitrogens with one attached hydrogen (secondary N) is 1. The van der Waals surface area contributed by atoms with Gasteiger partial charge in [-0.15, -0.1) is 0 Å². The van der Waals surface area contributed by atoms with Crippen LogP contribution in [0.15, 0.2) is 12.1 Å². The Balaban J connectivity index is 1.71. The highest BCUT2D eigenvalue weighted by Crippen LogP contribution is 2.33.